The fourth-order valence-corrected chi connectivity index (χ4v) is 2.31. The van der Waals surface area contributed by atoms with Crippen LogP contribution in [0.25, 0.3) is 0 Å². The summed E-state index contributed by atoms with van der Waals surface area (Å²) in [6.45, 7) is 5.71. The summed E-state index contributed by atoms with van der Waals surface area (Å²) in [6.07, 6.45) is 1.09. The molecule has 102 valence electrons. The van der Waals surface area contributed by atoms with Gasteiger partial charge in [-0.2, -0.15) is 0 Å². The van der Waals surface area contributed by atoms with Crippen molar-refractivity contribution >= 4 is 15.9 Å². The molecule has 0 saturated heterocycles. The van der Waals surface area contributed by atoms with Gasteiger partial charge in [0.1, 0.15) is 5.82 Å². The van der Waals surface area contributed by atoms with Crippen molar-refractivity contribution in [2.45, 2.75) is 26.3 Å². The van der Waals surface area contributed by atoms with E-state index in [1.807, 2.05) is 13.1 Å². The van der Waals surface area contributed by atoms with Gasteiger partial charge < -0.3 is 5.73 Å². The third-order valence-electron chi connectivity index (χ3n) is 3.13. The summed E-state index contributed by atoms with van der Waals surface area (Å²) in [5, 5.41) is 0. The van der Waals surface area contributed by atoms with Gasteiger partial charge in [-0.15, -0.1) is 0 Å². The molecule has 0 heterocycles. The molecule has 1 unspecified atom stereocenters. The minimum absolute atomic E-state index is 0.0683. The molecule has 0 amide bonds. The largest absolute Gasteiger partial charge is 0.329 e. The number of hydrogen-bond donors (Lipinski definition) is 1. The first kappa shape index (κ1) is 15.6. The topological polar surface area (TPSA) is 29.3 Å². The summed E-state index contributed by atoms with van der Waals surface area (Å²) in [4.78, 5) is 2.13. The van der Waals surface area contributed by atoms with Crippen LogP contribution in [0.4, 0.5) is 4.39 Å². The Bertz CT molecular complexity index is 382. The standard InChI is InChI=1S/C14H22BrFN2/c1-10(2)6-7-18(3)14(9-17)12-8-11(15)4-5-13(12)16/h4-5,8,10,14H,6-7,9,17H2,1-3H3. The highest BCUT2D eigenvalue weighted by atomic mass is 79.9. The first-order valence-electron chi connectivity index (χ1n) is 6.31. The lowest BCUT2D eigenvalue weighted by molar-refractivity contribution is 0.231. The van der Waals surface area contributed by atoms with Gasteiger partial charge in [-0.3, -0.25) is 4.90 Å². The summed E-state index contributed by atoms with van der Waals surface area (Å²) in [7, 11) is 2.00. The van der Waals surface area contributed by atoms with E-state index in [1.54, 1.807) is 6.07 Å². The van der Waals surface area contributed by atoms with Crippen LogP contribution in [0.1, 0.15) is 31.9 Å². The molecule has 0 aliphatic heterocycles. The Morgan fingerprint density at radius 1 is 1.39 bits per heavy atom. The van der Waals surface area contributed by atoms with Crippen molar-refractivity contribution < 1.29 is 4.39 Å². The number of rotatable bonds is 6. The van der Waals surface area contributed by atoms with Crippen molar-refractivity contribution in [3.63, 3.8) is 0 Å². The van der Waals surface area contributed by atoms with E-state index in [9.17, 15) is 4.39 Å². The van der Waals surface area contributed by atoms with Crippen LogP contribution in [0.5, 0.6) is 0 Å². The molecule has 0 fully saturated rings. The second-order valence-electron chi connectivity index (χ2n) is 5.08. The fourth-order valence-electron chi connectivity index (χ4n) is 1.93. The zero-order chi connectivity index (χ0) is 13.7. The van der Waals surface area contributed by atoms with Gasteiger partial charge in [0.2, 0.25) is 0 Å². The second-order valence-corrected chi connectivity index (χ2v) is 6.00. The Balaban J connectivity index is 2.84. The first-order valence-corrected chi connectivity index (χ1v) is 7.10. The van der Waals surface area contributed by atoms with Crippen LogP contribution in [0.15, 0.2) is 22.7 Å². The maximum Gasteiger partial charge on any atom is 0.128 e. The lowest BCUT2D eigenvalue weighted by Gasteiger charge is -2.28. The van der Waals surface area contributed by atoms with E-state index in [2.05, 4.69) is 34.7 Å². The van der Waals surface area contributed by atoms with Gasteiger partial charge in [-0.1, -0.05) is 29.8 Å². The number of nitrogens with two attached hydrogens (primary N) is 1. The molecule has 18 heavy (non-hydrogen) atoms. The SMILES string of the molecule is CC(C)CCN(C)C(CN)c1cc(Br)ccc1F. The molecular weight excluding hydrogens is 295 g/mol. The van der Waals surface area contributed by atoms with Crippen LogP contribution in [0.2, 0.25) is 0 Å². The lowest BCUT2D eigenvalue weighted by Crippen LogP contribution is -2.32. The molecule has 4 heteroatoms. The van der Waals surface area contributed by atoms with Gasteiger partial charge in [0.05, 0.1) is 0 Å². The van der Waals surface area contributed by atoms with Crippen LogP contribution >= 0.6 is 15.9 Å². The average molecular weight is 317 g/mol. The van der Waals surface area contributed by atoms with Crippen LogP contribution in [-0.4, -0.2) is 25.0 Å². The van der Waals surface area contributed by atoms with E-state index in [0.717, 1.165) is 17.4 Å². The lowest BCUT2D eigenvalue weighted by atomic mass is 10.0. The maximum atomic E-state index is 13.9. The van der Waals surface area contributed by atoms with Crippen LogP contribution in [0.3, 0.4) is 0 Å². The van der Waals surface area contributed by atoms with E-state index < -0.39 is 0 Å². The van der Waals surface area contributed by atoms with Gasteiger partial charge in [-0.05, 0) is 44.1 Å². The van der Waals surface area contributed by atoms with Crippen molar-refractivity contribution in [1.29, 1.82) is 0 Å². The van der Waals surface area contributed by atoms with Gasteiger partial charge in [0.15, 0.2) is 0 Å². The molecule has 0 aromatic heterocycles. The van der Waals surface area contributed by atoms with Crippen molar-refractivity contribution in [2.75, 3.05) is 20.1 Å². The zero-order valence-corrected chi connectivity index (χ0v) is 12.9. The molecule has 0 bridgehead atoms. The van der Waals surface area contributed by atoms with Crippen molar-refractivity contribution in [2.24, 2.45) is 11.7 Å². The summed E-state index contributed by atoms with van der Waals surface area (Å²) in [6, 6.07) is 4.94. The third-order valence-corrected chi connectivity index (χ3v) is 3.62. The van der Waals surface area contributed by atoms with Crippen LogP contribution in [0, 0.1) is 11.7 Å². The highest BCUT2D eigenvalue weighted by Crippen LogP contribution is 2.25. The molecule has 2 N–H and O–H groups in total. The highest BCUT2D eigenvalue weighted by Gasteiger charge is 2.19. The fraction of sp³-hybridized carbons (Fsp3) is 0.571. The molecule has 0 saturated carbocycles. The van der Waals surface area contributed by atoms with Crippen molar-refractivity contribution in [3.05, 3.63) is 34.1 Å². The normalized spacial score (nSPS) is 13.3. The molecule has 1 aromatic rings. The third kappa shape index (κ3) is 4.34. The van der Waals surface area contributed by atoms with Crippen LogP contribution < -0.4 is 5.73 Å². The second kappa shape index (κ2) is 7.22. The van der Waals surface area contributed by atoms with Crippen molar-refractivity contribution in [1.82, 2.24) is 4.90 Å². The molecule has 1 atom stereocenters. The minimum atomic E-state index is -0.190. The first-order chi connectivity index (χ1) is 8.45. The van der Waals surface area contributed by atoms with E-state index in [0.29, 0.717) is 18.0 Å². The zero-order valence-electron chi connectivity index (χ0n) is 11.3. The van der Waals surface area contributed by atoms with E-state index >= 15 is 0 Å². The van der Waals surface area contributed by atoms with Gasteiger partial charge >= 0.3 is 0 Å². The Labute approximate surface area is 117 Å². The monoisotopic (exact) mass is 316 g/mol. The predicted octanol–water partition coefficient (Wildman–Crippen LogP) is 3.57. The van der Waals surface area contributed by atoms with Gasteiger partial charge in [0, 0.05) is 22.6 Å². The summed E-state index contributed by atoms with van der Waals surface area (Å²) >= 11 is 3.38. The van der Waals surface area contributed by atoms with E-state index in [4.69, 9.17) is 5.73 Å². The summed E-state index contributed by atoms with van der Waals surface area (Å²) < 4.78 is 14.7. The highest BCUT2D eigenvalue weighted by molar-refractivity contribution is 9.10. The Hall–Kier alpha value is -0.450. The van der Waals surface area contributed by atoms with Gasteiger partial charge in [0.25, 0.3) is 0 Å². The molecule has 1 aromatic carbocycles. The Kier molecular flexibility index (Phi) is 6.26. The van der Waals surface area contributed by atoms with E-state index in [1.165, 1.54) is 6.07 Å². The minimum Gasteiger partial charge on any atom is -0.329 e. The number of hydrogen-bond acceptors (Lipinski definition) is 2. The molecule has 0 aliphatic carbocycles. The van der Waals surface area contributed by atoms with Crippen molar-refractivity contribution in [3.8, 4) is 0 Å². The predicted molar refractivity (Wildman–Crippen MR) is 78.0 cm³/mol. The van der Waals surface area contributed by atoms with Crippen LogP contribution in [-0.2, 0) is 0 Å². The molecule has 0 spiro atoms. The smallest absolute Gasteiger partial charge is 0.128 e. The number of nitrogens with zero attached hydrogens (tertiary/aromatic N) is 1. The quantitative estimate of drug-likeness (QED) is 0.869. The Morgan fingerprint density at radius 3 is 2.61 bits per heavy atom. The van der Waals surface area contributed by atoms with E-state index in [-0.39, 0.29) is 11.9 Å². The average Bonchev–Trinajstić information content (AvgIpc) is 2.32. The molecule has 1 rings (SSSR count). The molecular formula is C14H22BrFN2. The number of likely N-dealkylation sites (N-methyl/N-ethyl adjacent to an activating group) is 1. The summed E-state index contributed by atoms with van der Waals surface area (Å²) in [5.41, 5.74) is 6.47. The Morgan fingerprint density at radius 2 is 2.06 bits per heavy atom. The van der Waals surface area contributed by atoms with Gasteiger partial charge in [-0.25, -0.2) is 4.39 Å². The molecule has 0 aliphatic rings. The summed E-state index contributed by atoms with van der Waals surface area (Å²) in [5.74, 6) is 0.447. The molecule has 0 radical (unpaired) electrons. The molecule has 2 nitrogen and oxygen atoms in total. The number of benzene rings is 1. The maximum absolute atomic E-state index is 13.9. The number of halogens is 2.